The Labute approximate surface area is 86.0 Å². The van der Waals surface area contributed by atoms with Crippen molar-refractivity contribution in [2.24, 2.45) is 0 Å². The highest BCUT2D eigenvalue weighted by Gasteiger charge is 2.02. The molecule has 1 aliphatic carbocycles. The zero-order valence-electron chi connectivity index (χ0n) is 8.66. The topological polar surface area (TPSA) is 0 Å². The van der Waals surface area contributed by atoms with E-state index in [4.69, 9.17) is 0 Å². The first-order chi connectivity index (χ1) is 6.86. The molecule has 1 aliphatic rings. The predicted octanol–water partition coefficient (Wildman–Crippen LogP) is 3.81. The molecule has 0 unspecified atom stereocenters. The zero-order chi connectivity index (χ0) is 9.80. The van der Waals surface area contributed by atoms with Crippen LogP contribution in [0.4, 0.5) is 0 Å². The van der Waals surface area contributed by atoms with Gasteiger partial charge >= 0.3 is 0 Å². The Morgan fingerprint density at radius 1 is 1.21 bits per heavy atom. The molecule has 0 heterocycles. The molecular formula is C14H16. The Kier molecular flexibility index (Phi) is 2.83. The molecule has 0 bridgehead atoms. The number of rotatable bonds is 2. The SMILES string of the molecule is Cc1ccccc1CC1=CC=CCC1. The van der Waals surface area contributed by atoms with Crippen LogP contribution < -0.4 is 0 Å². The van der Waals surface area contributed by atoms with E-state index in [9.17, 15) is 0 Å². The third kappa shape index (κ3) is 2.14. The van der Waals surface area contributed by atoms with Crippen LogP contribution in [0.3, 0.4) is 0 Å². The van der Waals surface area contributed by atoms with Crippen molar-refractivity contribution in [3.63, 3.8) is 0 Å². The normalized spacial score (nSPS) is 15.4. The minimum atomic E-state index is 1.12. The average Bonchev–Trinajstić information content (AvgIpc) is 2.23. The van der Waals surface area contributed by atoms with Crippen molar-refractivity contribution in [2.75, 3.05) is 0 Å². The molecule has 14 heavy (non-hydrogen) atoms. The number of benzene rings is 1. The maximum Gasteiger partial charge on any atom is -0.00613 e. The van der Waals surface area contributed by atoms with Crippen LogP contribution in [0.25, 0.3) is 0 Å². The van der Waals surface area contributed by atoms with Gasteiger partial charge in [-0.3, -0.25) is 0 Å². The largest absolute Gasteiger partial charge is 0.0842 e. The van der Waals surface area contributed by atoms with Crippen LogP contribution in [-0.4, -0.2) is 0 Å². The highest BCUT2D eigenvalue weighted by Crippen LogP contribution is 2.19. The highest BCUT2D eigenvalue weighted by atomic mass is 14.1. The molecular weight excluding hydrogens is 168 g/mol. The number of hydrogen-bond acceptors (Lipinski definition) is 0. The molecule has 0 aromatic heterocycles. The van der Waals surface area contributed by atoms with Crippen molar-refractivity contribution in [2.45, 2.75) is 26.2 Å². The summed E-state index contributed by atoms with van der Waals surface area (Å²) < 4.78 is 0. The Balaban J connectivity index is 2.14. The van der Waals surface area contributed by atoms with E-state index in [1.54, 1.807) is 5.57 Å². The van der Waals surface area contributed by atoms with Crippen molar-refractivity contribution >= 4 is 0 Å². The molecule has 2 rings (SSSR count). The standard InChI is InChI=1S/C14H16/c1-12-7-5-6-10-14(12)11-13-8-3-2-4-9-13/h2-3,5-8,10H,4,9,11H2,1H3. The lowest BCUT2D eigenvalue weighted by atomic mass is 9.95. The Morgan fingerprint density at radius 2 is 2.07 bits per heavy atom. The van der Waals surface area contributed by atoms with Gasteiger partial charge in [-0.1, -0.05) is 48.1 Å². The third-order valence-corrected chi connectivity index (χ3v) is 2.78. The minimum Gasteiger partial charge on any atom is -0.0842 e. The summed E-state index contributed by atoms with van der Waals surface area (Å²) >= 11 is 0. The second-order valence-corrected chi connectivity index (χ2v) is 3.90. The van der Waals surface area contributed by atoms with Crippen LogP contribution in [0.1, 0.15) is 24.0 Å². The monoisotopic (exact) mass is 184 g/mol. The van der Waals surface area contributed by atoms with Gasteiger partial charge in [-0.2, -0.15) is 0 Å². The van der Waals surface area contributed by atoms with Gasteiger partial charge in [0, 0.05) is 0 Å². The maximum absolute atomic E-state index is 2.26. The fourth-order valence-electron chi connectivity index (χ4n) is 1.85. The van der Waals surface area contributed by atoms with Crippen LogP contribution in [0.15, 0.2) is 48.1 Å². The van der Waals surface area contributed by atoms with Crippen LogP contribution in [0, 0.1) is 6.92 Å². The van der Waals surface area contributed by atoms with Gasteiger partial charge in [-0.25, -0.2) is 0 Å². The first kappa shape index (κ1) is 9.26. The minimum absolute atomic E-state index is 1.12. The third-order valence-electron chi connectivity index (χ3n) is 2.78. The molecule has 0 saturated heterocycles. The fraction of sp³-hybridized carbons (Fsp3) is 0.286. The van der Waals surface area contributed by atoms with Crippen molar-refractivity contribution in [3.8, 4) is 0 Å². The van der Waals surface area contributed by atoms with Gasteiger partial charge in [0.15, 0.2) is 0 Å². The van der Waals surface area contributed by atoms with Gasteiger partial charge in [0.2, 0.25) is 0 Å². The second-order valence-electron chi connectivity index (χ2n) is 3.90. The summed E-state index contributed by atoms with van der Waals surface area (Å²) in [4.78, 5) is 0. The Bertz CT molecular complexity index is 369. The number of aryl methyl sites for hydroxylation is 1. The molecule has 0 nitrogen and oxygen atoms in total. The summed E-state index contributed by atoms with van der Waals surface area (Å²) in [6.07, 6.45) is 10.2. The van der Waals surface area contributed by atoms with Crippen molar-refractivity contribution in [1.29, 1.82) is 0 Å². The van der Waals surface area contributed by atoms with Gasteiger partial charge in [-0.15, -0.1) is 0 Å². The van der Waals surface area contributed by atoms with Crippen LogP contribution in [-0.2, 0) is 6.42 Å². The van der Waals surface area contributed by atoms with Crippen molar-refractivity contribution in [3.05, 3.63) is 59.2 Å². The van der Waals surface area contributed by atoms with Crippen molar-refractivity contribution < 1.29 is 0 Å². The van der Waals surface area contributed by atoms with E-state index in [0.29, 0.717) is 0 Å². The summed E-state index contributed by atoms with van der Waals surface area (Å²) in [5.41, 5.74) is 4.43. The highest BCUT2D eigenvalue weighted by molar-refractivity contribution is 5.31. The lowest BCUT2D eigenvalue weighted by molar-refractivity contribution is 0.907. The van der Waals surface area contributed by atoms with Crippen LogP contribution in [0.5, 0.6) is 0 Å². The van der Waals surface area contributed by atoms with E-state index in [0.717, 1.165) is 6.42 Å². The summed E-state index contributed by atoms with van der Waals surface area (Å²) in [7, 11) is 0. The predicted molar refractivity (Wildman–Crippen MR) is 61.3 cm³/mol. The summed E-state index contributed by atoms with van der Waals surface area (Å²) in [5.74, 6) is 0. The first-order valence-corrected chi connectivity index (χ1v) is 5.25. The molecule has 0 aliphatic heterocycles. The lowest BCUT2D eigenvalue weighted by Crippen LogP contribution is -1.95. The fourth-order valence-corrected chi connectivity index (χ4v) is 1.85. The average molecular weight is 184 g/mol. The van der Waals surface area contributed by atoms with Gasteiger partial charge < -0.3 is 0 Å². The molecule has 0 amide bonds. The second kappa shape index (κ2) is 4.28. The van der Waals surface area contributed by atoms with Gasteiger partial charge in [-0.05, 0) is 37.3 Å². The van der Waals surface area contributed by atoms with E-state index >= 15 is 0 Å². The van der Waals surface area contributed by atoms with Gasteiger partial charge in [0.05, 0.1) is 0 Å². The molecule has 0 heteroatoms. The molecule has 0 atom stereocenters. The van der Waals surface area contributed by atoms with Crippen molar-refractivity contribution in [1.82, 2.24) is 0 Å². The molecule has 0 spiro atoms. The summed E-state index contributed by atoms with van der Waals surface area (Å²) in [6, 6.07) is 8.65. The van der Waals surface area contributed by atoms with Gasteiger partial charge in [0.25, 0.3) is 0 Å². The maximum atomic E-state index is 2.26. The molecule has 0 radical (unpaired) electrons. The van der Waals surface area contributed by atoms with E-state index < -0.39 is 0 Å². The molecule has 0 N–H and O–H groups in total. The lowest BCUT2D eigenvalue weighted by Gasteiger charge is -2.10. The summed E-state index contributed by atoms with van der Waals surface area (Å²) in [6.45, 7) is 2.19. The van der Waals surface area contributed by atoms with E-state index in [-0.39, 0.29) is 0 Å². The van der Waals surface area contributed by atoms with E-state index in [1.165, 1.54) is 24.0 Å². The van der Waals surface area contributed by atoms with Gasteiger partial charge in [0.1, 0.15) is 0 Å². The number of allylic oxidation sites excluding steroid dienone is 4. The number of hydrogen-bond donors (Lipinski definition) is 0. The molecule has 0 fully saturated rings. The Morgan fingerprint density at radius 3 is 2.79 bits per heavy atom. The van der Waals surface area contributed by atoms with Crippen LogP contribution >= 0.6 is 0 Å². The molecule has 1 aromatic rings. The quantitative estimate of drug-likeness (QED) is 0.655. The molecule has 1 aromatic carbocycles. The smallest absolute Gasteiger partial charge is 0.00613 e. The molecule has 0 saturated carbocycles. The van der Waals surface area contributed by atoms with Crippen LogP contribution in [0.2, 0.25) is 0 Å². The van der Waals surface area contributed by atoms with E-state index in [2.05, 4.69) is 49.4 Å². The molecule has 72 valence electrons. The van der Waals surface area contributed by atoms with E-state index in [1.807, 2.05) is 0 Å². The first-order valence-electron chi connectivity index (χ1n) is 5.25. The zero-order valence-corrected chi connectivity index (χ0v) is 8.66. The summed E-state index contributed by atoms with van der Waals surface area (Å²) in [5, 5.41) is 0. The Hall–Kier alpha value is -1.30.